The van der Waals surface area contributed by atoms with Gasteiger partial charge in [-0.05, 0) is 49.5 Å². The van der Waals surface area contributed by atoms with Crippen LogP contribution in [0.5, 0.6) is 0 Å². The Hall–Kier alpha value is -1.00. The lowest BCUT2D eigenvalue weighted by atomic mass is 10.0. The number of rotatable bonds is 4. The summed E-state index contributed by atoms with van der Waals surface area (Å²) in [5.74, 6) is -0.867. The fraction of sp³-hybridized carbons (Fsp3) is 0.625. The van der Waals surface area contributed by atoms with E-state index in [1.807, 2.05) is 0 Å². The van der Waals surface area contributed by atoms with Gasteiger partial charge in [-0.15, -0.1) is 0 Å². The maximum Gasteiger partial charge on any atom is 0.159 e. The third kappa shape index (κ3) is 4.53. The molecule has 1 N–H and O–H groups in total. The number of benzene rings is 1. The minimum absolute atomic E-state index is 0.489. The molecule has 0 aliphatic carbocycles. The molecule has 20 heavy (non-hydrogen) atoms. The van der Waals surface area contributed by atoms with Crippen molar-refractivity contribution in [3.8, 4) is 0 Å². The zero-order valence-electron chi connectivity index (χ0n) is 12.3. The summed E-state index contributed by atoms with van der Waals surface area (Å²) in [6.45, 7) is 8.15. The normalized spacial score (nSPS) is 21.1. The Bertz CT molecular complexity index is 434. The summed E-state index contributed by atoms with van der Waals surface area (Å²) in [5.41, 5.74) is 0.842. The monoisotopic (exact) mass is 282 g/mol. The van der Waals surface area contributed by atoms with Gasteiger partial charge in [-0.1, -0.05) is 19.9 Å². The van der Waals surface area contributed by atoms with Gasteiger partial charge in [-0.2, -0.15) is 0 Å². The Morgan fingerprint density at radius 3 is 2.80 bits per heavy atom. The van der Waals surface area contributed by atoms with E-state index in [-0.39, 0.29) is 0 Å². The molecule has 1 unspecified atom stereocenters. The zero-order valence-corrected chi connectivity index (χ0v) is 12.3. The van der Waals surface area contributed by atoms with E-state index in [0.29, 0.717) is 18.5 Å². The van der Waals surface area contributed by atoms with Gasteiger partial charge in [0.1, 0.15) is 0 Å². The summed E-state index contributed by atoms with van der Waals surface area (Å²) in [7, 11) is 0. The summed E-state index contributed by atoms with van der Waals surface area (Å²) in [6.07, 6.45) is 2.24. The maximum atomic E-state index is 13.3. The van der Waals surface area contributed by atoms with Gasteiger partial charge >= 0.3 is 0 Å². The Morgan fingerprint density at radius 2 is 2.10 bits per heavy atom. The van der Waals surface area contributed by atoms with Gasteiger partial charge in [-0.25, -0.2) is 8.78 Å². The van der Waals surface area contributed by atoms with Gasteiger partial charge in [0.2, 0.25) is 0 Å². The van der Waals surface area contributed by atoms with Gasteiger partial charge < -0.3 is 5.32 Å². The molecule has 1 fully saturated rings. The van der Waals surface area contributed by atoms with Crippen LogP contribution in [0, 0.1) is 17.6 Å². The SMILES string of the molecule is CC(C)CC1CN(Cc2ccc(F)c(F)c2)CCCN1. The summed E-state index contributed by atoms with van der Waals surface area (Å²) < 4.78 is 26.2. The number of halogens is 2. The molecular weight excluding hydrogens is 258 g/mol. The molecule has 1 aromatic rings. The van der Waals surface area contributed by atoms with E-state index in [4.69, 9.17) is 0 Å². The highest BCUT2D eigenvalue weighted by molar-refractivity contribution is 5.17. The van der Waals surface area contributed by atoms with Crippen molar-refractivity contribution in [1.29, 1.82) is 0 Å². The van der Waals surface area contributed by atoms with Crippen LogP contribution in [0.4, 0.5) is 8.78 Å². The van der Waals surface area contributed by atoms with Crippen LogP contribution >= 0.6 is 0 Å². The summed E-state index contributed by atoms with van der Waals surface area (Å²) >= 11 is 0. The molecule has 0 amide bonds. The van der Waals surface area contributed by atoms with Crippen molar-refractivity contribution < 1.29 is 8.78 Å². The minimum Gasteiger partial charge on any atom is -0.313 e. The number of hydrogen-bond donors (Lipinski definition) is 1. The quantitative estimate of drug-likeness (QED) is 0.912. The molecule has 2 rings (SSSR count). The molecule has 1 heterocycles. The second-order valence-electron chi connectivity index (χ2n) is 6.12. The van der Waals surface area contributed by atoms with Crippen molar-refractivity contribution in [2.75, 3.05) is 19.6 Å². The highest BCUT2D eigenvalue weighted by Gasteiger charge is 2.18. The first-order valence-corrected chi connectivity index (χ1v) is 7.44. The Morgan fingerprint density at radius 1 is 1.30 bits per heavy atom. The Balaban J connectivity index is 1.97. The van der Waals surface area contributed by atoms with Crippen LogP contribution in [0.3, 0.4) is 0 Å². The van der Waals surface area contributed by atoms with Crippen molar-refractivity contribution in [2.45, 2.75) is 39.3 Å². The molecule has 0 aromatic heterocycles. The summed E-state index contributed by atoms with van der Waals surface area (Å²) in [4.78, 5) is 2.33. The second kappa shape index (κ2) is 7.14. The summed E-state index contributed by atoms with van der Waals surface area (Å²) in [6, 6.07) is 4.69. The van der Waals surface area contributed by atoms with Gasteiger partial charge in [0.05, 0.1) is 0 Å². The molecule has 0 spiro atoms. The van der Waals surface area contributed by atoms with Crippen LogP contribution in [0.15, 0.2) is 18.2 Å². The van der Waals surface area contributed by atoms with E-state index in [9.17, 15) is 8.78 Å². The Kier molecular flexibility index (Phi) is 5.49. The average Bonchev–Trinajstić information content (AvgIpc) is 2.58. The molecule has 2 nitrogen and oxygen atoms in total. The fourth-order valence-electron chi connectivity index (χ4n) is 2.84. The standard InChI is InChI=1S/C16H24F2N2/c1-12(2)8-14-11-20(7-3-6-19-14)10-13-4-5-15(17)16(18)9-13/h4-5,9,12,14,19H,3,6-8,10-11H2,1-2H3. The molecule has 0 radical (unpaired) electrons. The Labute approximate surface area is 120 Å². The van der Waals surface area contributed by atoms with E-state index in [0.717, 1.165) is 38.0 Å². The van der Waals surface area contributed by atoms with Crippen LogP contribution < -0.4 is 5.32 Å². The van der Waals surface area contributed by atoms with Crippen LogP contribution in [-0.2, 0) is 6.54 Å². The highest BCUT2D eigenvalue weighted by atomic mass is 19.2. The third-order valence-electron chi connectivity index (χ3n) is 3.71. The maximum absolute atomic E-state index is 13.3. The number of nitrogens with zero attached hydrogens (tertiary/aromatic N) is 1. The van der Waals surface area contributed by atoms with Gasteiger partial charge in [0.15, 0.2) is 11.6 Å². The molecule has 1 aromatic carbocycles. The van der Waals surface area contributed by atoms with Gasteiger partial charge in [-0.3, -0.25) is 4.90 Å². The number of hydrogen-bond acceptors (Lipinski definition) is 2. The van der Waals surface area contributed by atoms with E-state index >= 15 is 0 Å². The van der Waals surface area contributed by atoms with E-state index in [2.05, 4.69) is 24.1 Å². The molecule has 0 bridgehead atoms. The molecule has 1 aliphatic heterocycles. The zero-order chi connectivity index (χ0) is 14.5. The predicted molar refractivity (Wildman–Crippen MR) is 77.5 cm³/mol. The molecule has 1 atom stereocenters. The lowest BCUT2D eigenvalue weighted by Gasteiger charge is -2.25. The average molecular weight is 282 g/mol. The third-order valence-corrected chi connectivity index (χ3v) is 3.71. The molecule has 112 valence electrons. The number of nitrogens with one attached hydrogen (secondary N) is 1. The van der Waals surface area contributed by atoms with Crippen molar-refractivity contribution >= 4 is 0 Å². The second-order valence-corrected chi connectivity index (χ2v) is 6.12. The molecular formula is C16H24F2N2. The molecule has 0 saturated carbocycles. The van der Waals surface area contributed by atoms with Crippen molar-refractivity contribution in [1.82, 2.24) is 10.2 Å². The van der Waals surface area contributed by atoms with Crippen LogP contribution in [0.25, 0.3) is 0 Å². The van der Waals surface area contributed by atoms with Crippen LogP contribution in [-0.4, -0.2) is 30.6 Å². The van der Waals surface area contributed by atoms with E-state index in [1.54, 1.807) is 6.07 Å². The lowest BCUT2D eigenvalue weighted by molar-refractivity contribution is 0.247. The highest BCUT2D eigenvalue weighted by Crippen LogP contribution is 2.14. The van der Waals surface area contributed by atoms with Gasteiger partial charge in [0.25, 0.3) is 0 Å². The van der Waals surface area contributed by atoms with E-state index in [1.165, 1.54) is 12.1 Å². The first-order chi connectivity index (χ1) is 9.54. The van der Waals surface area contributed by atoms with Crippen LogP contribution in [0.2, 0.25) is 0 Å². The molecule has 1 saturated heterocycles. The topological polar surface area (TPSA) is 15.3 Å². The minimum atomic E-state index is -0.774. The summed E-state index contributed by atoms with van der Waals surface area (Å²) in [5, 5.41) is 3.57. The van der Waals surface area contributed by atoms with Crippen LogP contribution in [0.1, 0.15) is 32.3 Å². The lowest BCUT2D eigenvalue weighted by Crippen LogP contribution is -2.38. The van der Waals surface area contributed by atoms with Crippen molar-refractivity contribution in [3.05, 3.63) is 35.4 Å². The van der Waals surface area contributed by atoms with Gasteiger partial charge in [0, 0.05) is 19.1 Å². The molecule has 4 heteroatoms. The van der Waals surface area contributed by atoms with E-state index < -0.39 is 11.6 Å². The van der Waals surface area contributed by atoms with Crippen molar-refractivity contribution in [3.63, 3.8) is 0 Å². The smallest absolute Gasteiger partial charge is 0.159 e. The predicted octanol–water partition coefficient (Wildman–Crippen LogP) is 3.17. The first kappa shape index (κ1) is 15.4. The first-order valence-electron chi connectivity index (χ1n) is 7.44. The fourth-order valence-corrected chi connectivity index (χ4v) is 2.84. The molecule has 1 aliphatic rings. The largest absolute Gasteiger partial charge is 0.313 e. The van der Waals surface area contributed by atoms with Crippen molar-refractivity contribution in [2.24, 2.45) is 5.92 Å².